The van der Waals surface area contributed by atoms with Crippen molar-refractivity contribution in [1.29, 1.82) is 0 Å². The van der Waals surface area contributed by atoms with Gasteiger partial charge in [-0.15, -0.1) is 0 Å². The number of hydrogen-bond donors (Lipinski definition) is 0. The molecule has 0 aliphatic carbocycles. The fourth-order valence-corrected chi connectivity index (χ4v) is 2.67. The molecule has 0 radical (unpaired) electrons. The molecule has 0 unspecified atom stereocenters. The highest BCUT2D eigenvalue weighted by molar-refractivity contribution is 9.10. The smallest absolute Gasteiger partial charge is 0.137 e. The van der Waals surface area contributed by atoms with Crippen LogP contribution >= 0.6 is 15.9 Å². The lowest BCUT2D eigenvalue weighted by Gasteiger charge is -2.05. The van der Waals surface area contributed by atoms with Gasteiger partial charge in [-0.3, -0.25) is 0 Å². The highest BCUT2D eigenvalue weighted by atomic mass is 79.9. The van der Waals surface area contributed by atoms with Crippen molar-refractivity contribution < 1.29 is 0 Å². The summed E-state index contributed by atoms with van der Waals surface area (Å²) in [5.74, 6) is 0.559. The number of nitrogens with zero attached hydrogens (tertiary/aromatic N) is 2. The fraction of sp³-hybridized carbons (Fsp3) is 0.235. The van der Waals surface area contributed by atoms with Gasteiger partial charge in [-0.05, 0) is 46.5 Å². The average molecular weight is 329 g/mol. The minimum absolute atomic E-state index is 0.559. The minimum Gasteiger partial charge on any atom is -0.303 e. The first-order valence-corrected chi connectivity index (χ1v) is 7.60. The molecule has 0 aliphatic heterocycles. The number of aryl methyl sites for hydroxylation is 1. The zero-order chi connectivity index (χ0) is 14.3. The van der Waals surface area contributed by atoms with Gasteiger partial charge in [0, 0.05) is 21.9 Å². The standard InChI is InChI=1S/C17H17BrN2/c1-11(2)13-4-6-14(7-5-13)16-10-20-12(3)15(18)8-9-17(20)19-16/h4-11H,1-3H3. The van der Waals surface area contributed by atoms with Crippen LogP contribution in [0, 0.1) is 6.92 Å². The molecule has 3 aromatic rings. The van der Waals surface area contributed by atoms with Crippen molar-refractivity contribution >= 4 is 21.6 Å². The second-order valence-corrected chi connectivity index (χ2v) is 6.25. The van der Waals surface area contributed by atoms with E-state index in [1.807, 2.05) is 12.1 Å². The molecule has 2 aromatic heterocycles. The third-order valence-corrected chi connectivity index (χ3v) is 4.53. The molecule has 0 amide bonds. The zero-order valence-electron chi connectivity index (χ0n) is 11.9. The Balaban J connectivity index is 2.08. The van der Waals surface area contributed by atoms with Gasteiger partial charge in [-0.2, -0.15) is 0 Å². The molecular formula is C17H17BrN2. The first-order chi connectivity index (χ1) is 9.56. The van der Waals surface area contributed by atoms with Gasteiger partial charge in [0.15, 0.2) is 0 Å². The van der Waals surface area contributed by atoms with E-state index in [1.165, 1.54) is 11.3 Å². The molecule has 0 spiro atoms. The molecular weight excluding hydrogens is 312 g/mol. The first-order valence-electron chi connectivity index (χ1n) is 6.81. The van der Waals surface area contributed by atoms with Crippen molar-refractivity contribution in [1.82, 2.24) is 9.38 Å². The fourth-order valence-electron chi connectivity index (χ4n) is 2.34. The van der Waals surface area contributed by atoms with Crippen LogP contribution in [0.25, 0.3) is 16.9 Å². The number of fused-ring (bicyclic) bond motifs is 1. The predicted octanol–water partition coefficient (Wildman–Crippen LogP) is 5.20. The molecule has 3 rings (SSSR count). The van der Waals surface area contributed by atoms with Crippen LogP contribution in [0.2, 0.25) is 0 Å². The molecule has 1 aromatic carbocycles. The van der Waals surface area contributed by atoms with Crippen LogP contribution in [0.4, 0.5) is 0 Å². The lowest BCUT2D eigenvalue weighted by Crippen LogP contribution is -1.89. The SMILES string of the molecule is Cc1c(Br)ccc2nc(-c3ccc(C(C)C)cc3)cn12. The van der Waals surface area contributed by atoms with Crippen LogP contribution < -0.4 is 0 Å². The number of halogens is 1. The number of pyridine rings is 1. The molecule has 102 valence electrons. The molecule has 2 nitrogen and oxygen atoms in total. The van der Waals surface area contributed by atoms with Crippen LogP contribution in [0.3, 0.4) is 0 Å². The Morgan fingerprint density at radius 2 is 1.75 bits per heavy atom. The number of rotatable bonds is 2. The van der Waals surface area contributed by atoms with E-state index in [0.717, 1.165) is 21.4 Å². The monoisotopic (exact) mass is 328 g/mol. The van der Waals surface area contributed by atoms with Crippen LogP contribution in [0.15, 0.2) is 47.1 Å². The summed E-state index contributed by atoms with van der Waals surface area (Å²) in [7, 11) is 0. The van der Waals surface area contributed by atoms with Gasteiger partial charge in [0.2, 0.25) is 0 Å². The van der Waals surface area contributed by atoms with Crippen molar-refractivity contribution in [2.75, 3.05) is 0 Å². The molecule has 0 bridgehead atoms. The van der Waals surface area contributed by atoms with Crippen molar-refractivity contribution in [3.8, 4) is 11.3 Å². The molecule has 2 heterocycles. The molecule has 0 atom stereocenters. The maximum atomic E-state index is 4.70. The van der Waals surface area contributed by atoms with Gasteiger partial charge < -0.3 is 4.40 Å². The Labute approximate surface area is 127 Å². The molecule has 0 fully saturated rings. The zero-order valence-corrected chi connectivity index (χ0v) is 13.5. The maximum absolute atomic E-state index is 4.70. The third-order valence-electron chi connectivity index (χ3n) is 3.69. The maximum Gasteiger partial charge on any atom is 0.137 e. The molecule has 0 aliphatic rings. The summed E-state index contributed by atoms with van der Waals surface area (Å²) >= 11 is 3.56. The van der Waals surface area contributed by atoms with Gasteiger partial charge in [0.1, 0.15) is 5.65 Å². The second kappa shape index (κ2) is 5.06. The van der Waals surface area contributed by atoms with Gasteiger partial charge in [0.05, 0.1) is 5.69 Å². The topological polar surface area (TPSA) is 17.3 Å². The Bertz CT molecular complexity index is 755. The van der Waals surface area contributed by atoms with E-state index in [1.54, 1.807) is 0 Å². The molecule has 20 heavy (non-hydrogen) atoms. The van der Waals surface area contributed by atoms with Crippen LogP contribution in [0.1, 0.15) is 31.0 Å². The third kappa shape index (κ3) is 2.27. The second-order valence-electron chi connectivity index (χ2n) is 5.40. The van der Waals surface area contributed by atoms with E-state index < -0.39 is 0 Å². The van der Waals surface area contributed by atoms with E-state index in [-0.39, 0.29) is 0 Å². The summed E-state index contributed by atoms with van der Waals surface area (Å²) in [5.41, 5.74) is 5.68. The molecule has 3 heteroatoms. The van der Waals surface area contributed by atoms with Crippen molar-refractivity contribution in [2.24, 2.45) is 0 Å². The lowest BCUT2D eigenvalue weighted by molar-refractivity contribution is 0.867. The van der Waals surface area contributed by atoms with E-state index in [2.05, 4.69) is 71.6 Å². The van der Waals surface area contributed by atoms with Gasteiger partial charge >= 0.3 is 0 Å². The van der Waals surface area contributed by atoms with E-state index in [4.69, 9.17) is 4.98 Å². The van der Waals surface area contributed by atoms with E-state index in [9.17, 15) is 0 Å². The highest BCUT2D eigenvalue weighted by Gasteiger charge is 2.08. The summed E-state index contributed by atoms with van der Waals surface area (Å²) in [6.45, 7) is 6.51. The van der Waals surface area contributed by atoms with Gasteiger partial charge in [-0.25, -0.2) is 4.98 Å². The summed E-state index contributed by atoms with van der Waals surface area (Å²) in [5, 5.41) is 0. The Kier molecular flexibility index (Phi) is 3.38. The number of benzene rings is 1. The van der Waals surface area contributed by atoms with Crippen LogP contribution in [-0.2, 0) is 0 Å². The number of imidazole rings is 1. The van der Waals surface area contributed by atoms with Crippen molar-refractivity contribution in [3.05, 3.63) is 58.3 Å². The summed E-state index contributed by atoms with van der Waals surface area (Å²) in [6, 6.07) is 12.8. The summed E-state index contributed by atoms with van der Waals surface area (Å²) in [4.78, 5) is 4.70. The number of hydrogen-bond acceptors (Lipinski definition) is 1. The normalized spacial score (nSPS) is 11.4. The first kappa shape index (κ1) is 13.4. The lowest BCUT2D eigenvalue weighted by atomic mass is 10.0. The summed E-state index contributed by atoms with van der Waals surface area (Å²) < 4.78 is 3.22. The largest absolute Gasteiger partial charge is 0.303 e. The van der Waals surface area contributed by atoms with Crippen LogP contribution in [-0.4, -0.2) is 9.38 Å². The van der Waals surface area contributed by atoms with Crippen LogP contribution in [0.5, 0.6) is 0 Å². The van der Waals surface area contributed by atoms with E-state index in [0.29, 0.717) is 5.92 Å². The number of aromatic nitrogens is 2. The van der Waals surface area contributed by atoms with Crippen molar-refractivity contribution in [2.45, 2.75) is 26.7 Å². The van der Waals surface area contributed by atoms with Gasteiger partial charge in [0.25, 0.3) is 0 Å². The Hall–Kier alpha value is -1.61. The quantitative estimate of drug-likeness (QED) is 0.632. The van der Waals surface area contributed by atoms with Crippen molar-refractivity contribution in [3.63, 3.8) is 0 Å². The molecule has 0 saturated carbocycles. The Morgan fingerprint density at radius 1 is 1.05 bits per heavy atom. The average Bonchev–Trinajstić information content (AvgIpc) is 2.88. The highest BCUT2D eigenvalue weighted by Crippen LogP contribution is 2.25. The summed E-state index contributed by atoms with van der Waals surface area (Å²) in [6.07, 6.45) is 2.10. The molecule has 0 saturated heterocycles. The predicted molar refractivity (Wildman–Crippen MR) is 87.2 cm³/mol. The van der Waals surface area contributed by atoms with E-state index >= 15 is 0 Å². The Morgan fingerprint density at radius 3 is 2.40 bits per heavy atom. The van der Waals surface area contributed by atoms with Gasteiger partial charge in [-0.1, -0.05) is 38.1 Å². The minimum atomic E-state index is 0.559. The molecule has 0 N–H and O–H groups in total.